The summed E-state index contributed by atoms with van der Waals surface area (Å²) in [5.74, 6) is 0. The number of aliphatic hydroxyl groups is 3. The maximum absolute atomic E-state index is 11.0. The first-order chi connectivity index (χ1) is 6.07. The van der Waals surface area contributed by atoms with Crippen molar-refractivity contribution in [1.82, 2.24) is 0 Å². The van der Waals surface area contributed by atoms with Gasteiger partial charge in [-0.15, -0.1) is 0 Å². The smallest absolute Gasteiger partial charge is 0.188 e. The molecule has 1 aliphatic rings. The van der Waals surface area contributed by atoms with Gasteiger partial charge in [-0.2, -0.15) is 0 Å². The summed E-state index contributed by atoms with van der Waals surface area (Å²) < 4.78 is 20.3. The van der Waals surface area contributed by atoms with Gasteiger partial charge in [-0.05, 0) is 0 Å². The molecule has 0 aromatic rings. The van der Waals surface area contributed by atoms with E-state index in [1.165, 1.54) is 7.11 Å². The summed E-state index contributed by atoms with van der Waals surface area (Å²) in [7, 11) is 1.20. The third-order valence-electron chi connectivity index (χ3n) is 1.81. The van der Waals surface area contributed by atoms with Gasteiger partial charge >= 0.3 is 0 Å². The van der Waals surface area contributed by atoms with Crippen LogP contribution < -0.4 is 0 Å². The molecular formula is C6H12O6S. The van der Waals surface area contributed by atoms with Crippen LogP contribution in [0.2, 0.25) is 0 Å². The van der Waals surface area contributed by atoms with Crippen molar-refractivity contribution in [1.29, 1.82) is 0 Å². The zero-order valence-corrected chi connectivity index (χ0v) is 7.81. The number of ether oxygens (including phenoxy) is 1. The fourth-order valence-corrected chi connectivity index (χ4v) is 1.81. The molecule has 1 fully saturated rings. The Morgan fingerprint density at radius 1 is 1.38 bits per heavy atom. The average molecular weight is 212 g/mol. The molecule has 0 radical (unpaired) electrons. The first kappa shape index (κ1) is 11.0. The van der Waals surface area contributed by atoms with Crippen LogP contribution in [0.3, 0.4) is 0 Å². The van der Waals surface area contributed by atoms with E-state index in [0.29, 0.717) is 0 Å². The zero-order chi connectivity index (χ0) is 10.0. The second kappa shape index (κ2) is 4.45. The largest absolute Gasteiger partial charge is 0.388 e. The normalized spacial score (nSPS) is 43.1. The molecule has 78 valence electrons. The minimum Gasteiger partial charge on any atom is -0.388 e. The van der Waals surface area contributed by atoms with Crippen LogP contribution in [0.4, 0.5) is 0 Å². The van der Waals surface area contributed by atoms with Crippen LogP contribution in [-0.4, -0.2) is 57.0 Å². The van der Waals surface area contributed by atoms with E-state index in [4.69, 9.17) is 9.84 Å². The van der Waals surface area contributed by atoms with Crippen molar-refractivity contribution < 1.29 is 28.4 Å². The second-order valence-electron chi connectivity index (χ2n) is 2.68. The fourth-order valence-electron chi connectivity index (χ4n) is 1.04. The van der Waals surface area contributed by atoms with Crippen molar-refractivity contribution in [2.75, 3.05) is 13.7 Å². The molecular weight excluding hydrogens is 200 g/mol. The maximum Gasteiger partial charge on any atom is 0.188 e. The molecule has 2 unspecified atom stereocenters. The van der Waals surface area contributed by atoms with Crippen LogP contribution in [0.1, 0.15) is 0 Å². The number of hydrogen-bond acceptors (Lipinski definition) is 6. The van der Waals surface area contributed by atoms with Gasteiger partial charge in [0.25, 0.3) is 0 Å². The highest BCUT2D eigenvalue weighted by molar-refractivity contribution is 7.80. The van der Waals surface area contributed by atoms with Gasteiger partial charge in [0.2, 0.25) is 0 Å². The van der Waals surface area contributed by atoms with Gasteiger partial charge in [0.05, 0.1) is 13.7 Å². The molecule has 0 spiro atoms. The molecule has 7 heteroatoms. The van der Waals surface area contributed by atoms with E-state index in [0.717, 1.165) is 0 Å². The van der Waals surface area contributed by atoms with Gasteiger partial charge in [0.1, 0.15) is 18.3 Å². The lowest BCUT2D eigenvalue weighted by Crippen LogP contribution is -2.54. The Balaban J connectivity index is 2.63. The van der Waals surface area contributed by atoms with E-state index in [9.17, 15) is 14.4 Å². The highest BCUT2D eigenvalue weighted by atomic mass is 32.2. The van der Waals surface area contributed by atoms with E-state index >= 15 is 0 Å². The monoisotopic (exact) mass is 212 g/mol. The lowest BCUT2D eigenvalue weighted by atomic mass is 10.1. The van der Waals surface area contributed by atoms with E-state index in [2.05, 4.69) is 4.18 Å². The Kier molecular flexibility index (Phi) is 3.77. The molecule has 0 aromatic carbocycles. The molecule has 5 atom stereocenters. The third-order valence-corrected chi connectivity index (χ3v) is 2.93. The standard InChI is InChI=1S/C6H12O6S/c1-11-13(10)6-5(9)4(8)3(7)2-12-6/h3-9H,2H2,1H3/t3-,4-,5+,6?,13?/m1/s1. The summed E-state index contributed by atoms with van der Waals surface area (Å²) in [5.41, 5.74) is -1.11. The molecule has 0 saturated carbocycles. The lowest BCUT2D eigenvalue weighted by Gasteiger charge is -2.33. The Labute approximate surface area is 77.8 Å². The second-order valence-corrected chi connectivity index (χ2v) is 4.00. The van der Waals surface area contributed by atoms with Gasteiger partial charge in [-0.25, -0.2) is 4.21 Å². The van der Waals surface area contributed by atoms with Crippen LogP contribution in [0.15, 0.2) is 0 Å². The van der Waals surface area contributed by atoms with Crippen LogP contribution in [0, 0.1) is 0 Å². The molecule has 1 heterocycles. The summed E-state index contributed by atoms with van der Waals surface area (Å²) in [5, 5.41) is 27.5. The lowest BCUT2D eigenvalue weighted by molar-refractivity contribution is -0.163. The summed E-state index contributed by atoms with van der Waals surface area (Å²) in [6.07, 6.45) is -3.90. The van der Waals surface area contributed by atoms with Crippen LogP contribution in [-0.2, 0) is 20.0 Å². The predicted molar refractivity (Wildman–Crippen MR) is 42.9 cm³/mol. The highest BCUT2D eigenvalue weighted by Gasteiger charge is 2.41. The van der Waals surface area contributed by atoms with Crippen LogP contribution in [0.5, 0.6) is 0 Å². The van der Waals surface area contributed by atoms with Gasteiger partial charge in [0.15, 0.2) is 16.5 Å². The molecule has 0 bridgehead atoms. The minimum absolute atomic E-state index is 0.169. The number of aliphatic hydroxyl groups excluding tert-OH is 3. The summed E-state index contributed by atoms with van der Waals surface area (Å²) in [6, 6.07) is 0. The summed E-state index contributed by atoms with van der Waals surface area (Å²) in [4.78, 5) is 0. The minimum atomic E-state index is -1.82. The molecule has 1 saturated heterocycles. The molecule has 0 amide bonds. The van der Waals surface area contributed by atoms with E-state index < -0.39 is 34.8 Å². The molecule has 3 N–H and O–H groups in total. The predicted octanol–water partition coefficient (Wildman–Crippen LogP) is -2.26. The first-order valence-corrected chi connectivity index (χ1v) is 4.82. The number of hydrogen-bond donors (Lipinski definition) is 3. The Hall–Kier alpha value is -0.0500. The van der Waals surface area contributed by atoms with Crippen molar-refractivity contribution in [3.63, 3.8) is 0 Å². The highest BCUT2D eigenvalue weighted by Crippen LogP contribution is 2.18. The summed E-state index contributed by atoms with van der Waals surface area (Å²) >= 11 is -1.82. The molecule has 6 nitrogen and oxygen atoms in total. The van der Waals surface area contributed by atoms with Crippen LogP contribution in [0.25, 0.3) is 0 Å². The Bertz CT molecular complexity index is 198. The van der Waals surface area contributed by atoms with Crippen molar-refractivity contribution in [2.45, 2.75) is 23.7 Å². The molecule has 13 heavy (non-hydrogen) atoms. The average Bonchev–Trinajstić information content (AvgIpc) is 2.13. The van der Waals surface area contributed by atoms with Crippen molar-refractivity contribution in [2.24, 2.45) is 0 Å². The Morgan fingerprint density at radius 3 is 2.54 bits per heavy atom. The maximum atomic E-state index is 11.0. The zero-order valence-electron chi connectivity index (χ0n) is 6.99. The first-order valence-electron chi connectivity index (χ1n) is 3.68. The third kappa shape index (κ3) is 2.25. The molecule has 1 aliphatic heterocycles. The molecule has 1 rings (SSSR count). The van der Waals surface area contributed by atoms with Crippen molar-refractivity contribution in [3.05, 3.63) is 0 Å². The number of rotatable bonds is 2. The SMILES string of the molecule is COS(=O)C1OC[C@@H](O)[C@@H](O)[C@@H]1O. The molecule has 0 aliphatic carbocycles. The van der Waals surface area contributed by atoms with E-state index in [1.54, 1.807) is 0 Å². The van der Waals surface area contributed by atoms with Crippen LogP contribution >= 0.6 is 0 Å². The van der Waals surface area contributed by atoms with E-state index in [-0.39, 0.29) is 6.61 Å². The van der Waals surface area contributed by atoms with Gasteiger partial charge in [-0.1, -0.05) is 0 Å². The Morgan fingerprint density at radius 2 is 2.00 bits per heavy atom. The van der Waals surface area contributed by atoms with Gasteiger partial charge in [-0.3, -0.25) is 4.18 Å². The topological polar surface area (TPSA) is 96.2 Å². The molecule has 0 aromatic heterocycles. The van der Waals surface area contributed by atoms with Gasteiger partial charge < -0.3 is 20.1 Å². The fraction of sp³-hybridized carbons (Fsp3) is 1.00. The van der Waals surface area contributed by atoms with E-state index in [1.807, 2.05) is 0 Å². The van der Waals surface area contributed by atoms with Crippen molar-refractivity contribution >= 4 is 11.1 Å². The quantitative estimate of drug-likeness (QED) is 0.478. The van der Waals surface area contributed by atoms with Crippen molar-refractivity contribution in [3.8, 4) is 0 Å². The summed E-state index contributed by atoms with van der Waals surface area (Å²) in [6.45, 7) is -0.169. The van der Waals surface area contributed by atoms with Gasteiger partial charge in [0, 0.05) is 0 Å².